The normalized spacial score (nSPS) is 25.2. The average Bonchev–Trinajstić information content (AvgIpc) is 3.10. The van der Waals surface area contributed by atoms with Gasteiger partial charge in [0.15, 0.2) is 0 Å². The zero-order valence-electron chi connectivity index (χ0n) is 20.0. The lowest BCUT2D eigenvalue weighted by molar-refractivity contribution is -0.152. The first-order valence-corrected chi connectivity index (χ1v) is 12.3. The topological polar surface area (TPSA) is 59.1 Å². The molecule has 2 saturated heterocycles. The van der Waals surface area contributed by atoms with Crippen molar-refractivity contribution in [1.82, 2.24) is 9.80 Å². The molecule has 6 nitrogen and oxygen atoms in total. The van der Waals surface area contributed by atoms with E-state index in [1.165, 1.54) is 23.3 Å². The number of hydrogen-bond donors (Lipinski definition) is 0. The molecule has 6 heteroatoms. The van der Waals surface area contributed by atoms with Crippen molar-refractivity contribution in [3.05, 3.63) is 23.8 Å². The van der Waals surface area contributed by atoms with E-state index in [1.54, 1.807) is 0 Å². The van der Waals surface area contributed by atoms with E-state index in [0.29, 0.717) is 26.0 Å². The molecule has 2 amide bonds. The Morgan fingerprint density at radius 2 is 1.84 bits per heavy atom. The maximum absolute atomic E-state index is 12.3. The van der Waals surface area contributed by atoms with Crippen LogP contribution in [-0.2, 0) is 16.0 Å². The number of amides is 2. The highest BCUT2D eigenvalue weighted by Crippen LogP contribution is 2.43. The van der Waals surface area contributed by atoms with Gasteiger partial charge in [-0.05, 0) is 62.7 Å². The lowest BCUT2D eigenvalue weighted by atomic mass is 9.82. The first-order valence-electron chi connectivity index (χ1n) is 12.3. The third-order valence-electron chi connectivity index (χ3n) is 7.22. The molecular weight excluding hydrogens is 404 g/mol. The predicted octanol–water partition coefficient (Wildman–Crippen LogP) is 4.20. The van der Waals surface area contributed by atoms with Crippen LogP contribution in [0.2, 0.25) is 0 Å². The Labute approximate surface area is 192 Å². The largest absolute Gasteiger partial charge is 0.493 e. The van der Waals surface area contributed by atoms with Crippen LogP contribution < -0.4 is 9.47 Å². The molecule has 3 aliphatic rings. The summed E-state index contributed by atoms with van der Waals surface area (Å²) >= 11 is 0. The number of piperidine rings is 1. The van der Waals surface area contributed by atoms with Gasteiger partial charge in [0.2, 0.25) is 11.8 Å². The van der Waals surface area contributed by atoms with Gasteiger partial charge in [0, 0.05) is 31.4 Å². The van der Waals surface area contributed by atoms with Gasteiger partial charge in [-0.25, -0.2) is 0 Å². The third kappa shape index (κ3) is 4.80. The number of hydrogen-bond acceptors (Lipinski definition) is 5. The molecule has 1 aromatic carbocycles. The zero-order valence-corrected chi connectivity index (χ0v) is 20.0. The van der Waals surface area contributed by atoms with Gasteiger partial charge in [0.25, 0.3) is 0 Å². The van der Waals surface area contributed by atoms with Crippen LogP contribution in [0.1, 0.15) is 71.3 Å². The molecule has 176 valence electrons. The van der Waals surface area contributed by atoms with Crippen molar-refractivity contribution in [1.29, 1.82) is 0 Å². The van der Waals surface area contributed by atoms with Crippen LogP contribution in [0.3, 0.4) is 0 Å². The van der Waals surface area contributed by atoms with Gasteiger partial charge < -0.3 is 9.47 Å². The molecule has 0 radical (unpaired) electrons. The Bertz CT molecular complexity index is 832. The monoisotopic (exact) mass is 442 g/mol. The summed E-state index contributed by atoms with van der Waals surface area (Å²) in [7, 11) is 0. The van der Waals surface area contributed by atoms with E-state index in [0.717, 1.165) is 56.9 Å². The summed E-state index contributed by atoms with van der Waals surface area (Å²) in [5.41, 5.74) is 1.07. The second-order valence-electron chi connectivity index (χ2n) is 10.5. The number of unbranched alkanes of at least 4 members (excludes halogenated alkanes) is 1. The van der Waals surface area contributed by atoms with Gasteiger partial charge in [-0.1, -0.05) is 26.8 Å². The van der Waals surface area contributed by atoms with Crippen molar-refractivity contribution in [3.63, 3.8) is 0 Å². The van der Waals surface area contributed by atoms with Gasteiger partial charge in [-0.2, -0.15) is 0 Å². The summed E-state index contributed by atoms with van der Waals surface area (Å²) in [5, 5.41) is 0. The van der Waals surface area contributed by atoms with E-state index in [4.69, 9.17) is 9.47 Å². The Kier molecular flexibility index (Phi) is 6.80. The minimum atomic E-state index is -0.217. The summed E-state index contributed by atoms with van der Waals surface area (Å²) in [6.07, 6.45) is 7.00. The van der Waals surface area contributed by atoms with Gasteiger partial charge in [0.05, 0.1) is 12.1 Å². The number of imide groups is 1. The van der Waals surface area contributed by atoms with Crippen LogP contribution in [-0.4, -0.2) is 60.0 Å². The van der Waals surface area contributed by atoms with Crippen molar-refractivity contribution in [2.45, 2.75) is 77.7 Å². The van der Waals surface area contributed by atoms with Gasteiger partial charge >= 0.3 is 0 Å². The van der Waals surface area contributed by atoms with E-state index in [2.05, 4.69) is 11.8 Å². The molecule has 1 atom stereocenters. The fourth-order valence-electron chi connectivity index (χ4n) is 5.57. The molecule has 1 spiro atoms. The van der Waals surface area contributed by atoms with Gasteiger partial charge in [-0.15, -0.1) is 0 Å². The maximum atomic E-state index is 12.3. The molecule has 1 aromatic rings. The highest BCUT2D eigenvalue weighted by molar-refractivity contribution is 5.98. The lowest BCUT2D eigenvalue weighted by Crippen LogP contribution is -2.52. The number of ether oxygens (including phenoxy) is 2. The number of nitrogens with zero attached hydrogens (tertiary/aromatic N) is 2. The fourth-order valence-corrected chi connectivity index (χ4v) is 5.57. The molecule has 2 fully saturated rings. The molecule has 4 rings (SSSR count). The van der Waals surface area contributed by atoms with E-state index in [-0.39, 0.29) is 22.8 Å². The van der Waals surface area contributed by atoms with Crippen LogP contribution in [0.15, 0.2) is 18.2 Å². The fraction of sp³-hybridized carbons (Fsp3) is 0.692. The van der Waals surface area contributed by atoms with E-state index in [9.17, 15) is 9.59 Å². The van der Waals surface area contributed by atoms with Crippen molar-refractivity contribution in [2.24, 2.45) is 5.41 Å². The Balaban J connectivity index is 1.31. The predicted molar refractivity (Wildman–Crippen MR) is 124 cm³/mol. The van der Waals surface area contributed by atoms with Crippen LogP contribution in [0.4, 0.5) is 0 Å². The standard InChI is InChI=1S/C26H38N2O4/c1-4-12-27-13-8-11-26(27)16-20-21(9-7-10-22(20)32-19-26)31-15-6-5-14-28-23(29)17-25(2,3)18-24(28)30/h7,9-10H,4-6,8,11-19H2,1-3H3. The number of carbonyl (C=O) groups is 2. The molecule has 1 unspecified atom stereocenters. The first kappa shape index (κ1) is 23.1. The lowest BCUT2D eigenvalue weighted by Gasteiger charge is -2.42. The summed E-state index contributed by atoms with van der Waals surface area (Å²) in [6.45, 7) is 10.3. The highest BCUT2D eigenvalue weighted by Gasteiger charge is 2.45. The minimum Gasteiger partial charge on any atom is -0.493 e. The zero-order chi connectivity index (χ0) is 22.8. The van der Waals surface area contributed by atoms with E-state index >= 15 is 0 Å². The summed E-state index contributed by atoms with van der Waals surface area (Å²) in [6, 6.07) is 6.08. The molecular formula is C26H38N2O4. The van der Waals surface area contributed by atoms with E-state index in [1.807, 2.05) is 32.0 Å². The van der Waals surface area contributed by atoms with Crippen molar-refractivity contribution in [2.75, 3.05) is 32.8 Å². The van der Waals surface area contributed by atoms with Crippen molar-refractivity contribution < 1.29 is 19.1 Å². The molecule has 32 heavy (non-hydrogen) atoms. The number of benzene rings is 1. The molecule has 0 bridgehead atoms. The molecule has 0 N–H and O–H groups in total. The summed E-state index contributed by atoms with van der Waals surface area (Å²) in [5.74, 6) is 1.78. The smallest absolute Gasteiger partial charge is 0.229 e. The van der Waals surface area contributed by atoms with E-state index < -0.39 is 0 Å². The third-order valence-corrected chi connectivity index (χ3v) is 7.22. The average molecular weight is 443 g/mol. The van der Waals surface area contributed by atoms with Crippen LogP contribution >= 0.6 is 0 Å². The summed E-state index contributed by atoms with van der Waals surface area (Å²) in [4.78, 5) is 28.7. The molecule has 0 aromatic heterocycles. The second-order valence-corrected chi connectivity index (χ2v) is 10.5. The quantitative estimate of drug-likeness (QED) is 0.446. The minimum absolute atomic E-state index is 0.0417. The number of carbonyl (C=O) groups excluding carboxylic acids is 2. The maximum Gasteiger partial charge on any atom is 0.229 e. The molecule has 3 heterocycles. The van der Waals surface area contributed by atoms with Crippen molar-refractivity contribution in [3.8, 4) is 11.5 Å². The Morgan fingerprint density at radius 1 is 1.06 bits per heavy atom. The molecule has 0 saturated carbocycles. The first-order chi connectivity index (χ1) is 15.3. The highest BCUT2D eigenvalue weighted by atomic mass is 16.5. The van der Waals surface area contributed by atoms with Gasteiger partial charge in [0.1, 0.15) is 18.1 Å². The van der Waals surface area contributed by atoms with Crippen LogP contribution in [0, 0.1) is 5.41 Å². The molecule has 0 aliphatic carbocycles. The van der Waals surface area contributed by atoms with Crippen molar-refractivity contribution >= 4 is 11.8 Å². The Morgan fingerprint density at radius 3 is 2.59 bits per heavy atom. The number of likely N-dealkylation sites (tertiary alicyclic amines) is 2. The Hall–Kier alpha value is -2.08. The second kappa shape index (κ2) is 9.42. The molecule has 3 aliphatic heterocycles. The SMILES string of the molecule is CCCN1CCCC12COc1cccc(OCCCCN3C(=O)CC(C)(C)CC3=O)c1C2. The van der Waals surface area contributed by atoms with Crippen LogP contribution in [0.5, 0.6) is 11.5 Å². The van der Waals surface area contributed by atoms with Crippen LogP contribution in [0.25, 0.3) is 0 Å². The number of rotatable bonds is 8. The summed E-state index contributed by atoms with van der Waals surface area (Å²) < 4.78 is 12.4. The van der Waals surface area contributed by atoms with Gasteiger partial charge in [-0.3, -0.25) is 19.4 Å². The number of fused-ring (bicyclic) bond motifs is 1.